The third-order valence-electron chi connectivity index (χ3n) is 9.44. The summed E-state index contributed by atoms with van der Waals surface area (Å²) in [4.78, 5) is 2.49. The maximum atomic E-state index is 6.08. The summed E-state index contributed by atoms with van der Waals surface area (Å²) >= 11 is 0. The van der Waals surface area contributed by atoms with E-state index in [1.807, 2.05) is 34.2 Å². The van der Waals surface area contributed by atoms with Gasteiger partial charge in [0.05, 0.1) is 35.6 Å². The number of nitrogens with zero attached hydrogens (tertiary/aromatic N) is 5. The van der Waals surface area contributed by atoms with Crippen LogP contribution in [0.5, 0.6) is 0 Å². The van der Waals surface area contributed by atoms with Crippen LogP contribution < -0.4 is 10.9 Å². The molecule has 0 spiro atoms. The Bertz CT molecular complexity index is 1120. The van der Waals surface area contributed by atoms with Crippen LogP contribution >= 0.6 is 0 Å². The summed E-state index contributed by atoms with van der Waals surface area (Å²) in [6.07, 6.45) is 11.2. The minimum Gasteiger partial charge on any atom is -0.399 e. The lowest BCUT2D eigenvalue weighted by atomic mass is 9.82. The van der Waals surface area contributed by atoms with E-state index in [-0.39, 0.29) is 36.6 Å². The van der Waals surface area contributed by atoms with Crippen molar-refractivity contribution in [1.29, 1.82) is 0 Å². The highest BCUT2D eigenvalue weighted by Gasteiger charge is 2.53. The van der Waals surface area contributed by atoms with Gasteiger partial charge in [-0.3, -0.25) is 14.3 Å². The molecule has 10 nitrogen and oxygen atoms in total. The lowest BCUT2D eigenvalue weighted by Gasteiger charge is -2.33. The van der Waals surface area contributed by atoms with Gasteiger partial charge in [0.1, 0.15) is 0 Å². The molecule has 42 heavy (non-hydrogen) atoms. The molecule has 3 saturated heterocycles. The number of unbranched alkanes of at least 4 members (excludes halogenated alkanes) is 1. The summed E-state index contributed by atoms with van der Waals surface area (Å²) in [5.74, 6) is 0. The molecule has 3 aliphatic heterocycles. The fraction of sp³-hybridized carbons (Fsp3) is 0.800. The number of hydrogen-bond acceptors (Lipinski definition) is 8. The fourth-order valence-corrected chi connectivity index (χ4v) is 5.06. The first-order valence-electron chi connectivity index (χ1n) is 15.7. The molecule has 0 radical (unpaired) electrons. The maximum absolute atomic E-state index is 6.08. The van der Waals surface area contributed by atoms with Crippen molar-refractivity contribution in [2.45, 2.75) is 130 Å². The first-order valence-corrected chi connectivity index (χ1v) is 15.7. The van der Waals surface area contributed by atoms with Gasteiger partial charge in [-0.05, 0) is 75.2 Å². The molecular formula is C30H53B2N5O5. The molecular weight excluding hydrogens is 532 g/mol. The molecule has 12 heteroatoms. The Morgan fingerprint density at radius 1 is 0.738 bits per heavy atom. The molecule has 1 atom stereocenters. The topological polar surface area (TPSA) is 85.0 Å². The molecule has 1 unspecified atom stereocenters. The molecule has 0 aliphatic carbocycles. The molecule has 2 aromatic heterocycles. The molecule has 0 saturated carbocycles. The van der Waals surface area contributed by atoms with Gasteiger partial charge in [0.2, 0.25) is 0 Å². The van der Waals surface area contributed by atoms with Crippen LogP contribution in [0.4, 0.5) is 0 Å². The molecule has 0 N–H and O–H groups in total. The molecule has 5 heterocycles. The first kappa shape index (κ1) is 33.2. The lowest BCUT2D eigenvalue weighted by Crippen LogP contribution is -2.44. The maximum Gasteiger partial charge on any atom is 0.498 e. The lowest BCUT2D eigenvalue weighted by molar-refractivity contribution is -0.00119. The molecule has 0 aromatic carbocycles. The number of hydrogen-bond donors (Lipinski definition) is 0. The van der Waals surface area contributed by atoms with Gasteiger partial charge in [-0.15, -0.1) is 0 Å². The SMILES string of the molecule is CC1COCCN1CCCn1cc(B2OC(C)(C)C(C)(C)O2)cn1.CCCCn1cc(B2OC(C)(C)C(C)(C)O2)cn1. The Morgan fingerprint density at radius 3 is 1.62 bits per heavy atom. The van der Waals surface area contributed by atoms with Crippen LogP contribution in [0.3, 0.4) is 0 Å². The molecule has 5 rings (SSSR count). The highest BCUT2D eigenvalue weighted by Crippen LogP contribution is 2.37. The van der Waals surface area contributed by atoms with E-state index < -0.39 is 0 Å². The second-order valence-corrected chi connectivity index (χ2v) is 13.9. The van der Waals surface area contributed by atoms with Crippen LogP contribution in [0.15, 0.2) is 24.8 Å². The van der Waals surface area contributed by atoms with Crippen molar-refractivity contribution in [3.05, 3.63) is 24.8 Å². The first-order chi connectivity index (χ1) is 19.6. The van der Waals surface area contributed by atoms with E-state index in [1.54, 1.807) is 0 Å². The molecule has 3 aliphatic rings. The third kappa shape index (κ3) is 7.68. The van der Waals surface area contributed by atoms with Gasteiger partial charge < -0.3 is 23.4 Å². The predicted molar refractivity (Wildman–Crippen MR) is 167 cm³/mol. The molecule has 234 valence electrons. The van der Waals surface area contributed by atoms with Gasteiger partial charge in [0.15, 0.2) is 0 Å². The minimum absolute atomic E-state index is 0.289. The third-order valence-corrected chi connectivity index (χ3v) is 9.44. The molecule has 3 fully saturated rings. The van der Waals surface area contributed by atoms with Crippen molar-refractivity contribution in [3.8, 4) is 0 Å². The molecule has 0 amide bonds. The summed E-state index contributed by atoms with van der Waals surface area (Å²) in [6.45, 7) is 26.6. The van der Waals surface area contributed by atoms with Crippen LogP contribution in [0.1, 0.15) is 88.5 Å². The van der Waals surface area contributed by atoms with E-state index in [0.717, 1.165) is 63.2 Å². The number of morpholine rings is 1. The summed E-state index contributed by atoms with van der Waals surface area (Å²) < 4.78 is 33.6. The van der Waals surface area contributed by atoms with Crippen molar-refractivity contribution in [2.75, 3.05) is 26.3 Å². The van der Waals surface area contributed by atoms with Gasteiger partial charge in [0.25, 0.3) is 0 Å². The van der Waals surface area contributed by atoms with Crippen LogP contribution in [-0.4, -0.2) is 93.4 Å². The Hall–Kier alpha value is -1.69. The quantitative estimate of drug-likeness (QED) is 0.415. The summed E-state index contributed by atoms with van der Waals surface area (Å²) in [7, 11) is -0.631. The average molecular weight is 585 g/mol. The second kappa shape index (κ2) is 13.1. The van der Waals surface area contributed by atoms with Crippen molar-refractivity contribution in [1.82, 2.24) is 24.5 Å². The minimum atomic E-state index is -0.331. The van der Waals surface area contributed by atoms with Crippen molar-refractivity contribution < 1.29 is 23.4 Å². The zero-order valence-electron chi connectivity index (χ0n) is 27.7. The largest absolute Gasteiger partial charge is 0.498 e. The highest BCUT2D eigenvalue weighted by atomic mass is 16.7. The highest BCUT2D eigenvalue weighted by molar-refractivity contribution is 6.62. The van der Waals surface area contributed by atoms with E-state index >= 15 is 0 Å². The summed E-state index contributed by atoms with van der Waals surface area (Å²) in [5, 5.41) is 8.82. The molecule has 0 bridgehead atoms. The number of rotatable bonds is 9. The van der Waals surface area contributed by atoms with Gasteiger partial charge in [-0.25, -0.2) is 0 Å². The van der Waals surface area contributed by atoms with Gasteiger partial charge >= 0.3 is 14.2 Å². The van der Waals surface area contributed by atoms with Crippen LogP contribution in [0.25, 0.3) is 0 Å². The van der Waals surface area contributed by atoms with E-state index in [0.29, 0.717) is 6.04 Å². The average Bonchev–Trinajstić information content (AvgIpc) is 3.65. The van der Waals surface area contributed by atoms with Gasteiger partial charge in [-0.2, -0.15) is 10.2 Å². The normalized spacial score (nSPS) is 24.6. The smallest absolute Gasteiger partial charge is 0.399 e. The predicted octanol–water partition coefficient (Wildman–Crippen LogP) is 3.28. The monoisotopic (exact) mass is 585 g/mol. The van der Waals surface area contributed by atoms with Crippen molar-refractivity contribution in [2.24, 2.45) is 0 Å². The fourth-order valence-electron chi connectivity index (χ4n) is 5.06. The van der Waals surface area contributed by atoms with E-state index in [2.05, 4.69) is 84.3 Å². The Labute approximate surface area is 254 Å². The van der Waals surface area contributed by atoms with Crippen molar-refractivity contribution in [3.63, 3.8) is 0 Å². The van der Waals surface area contributed by atoms with E-state index in [1.165, 1.54) is 6.42 Å². The second-order valence-electron chi connectivity index (χ2n) is 13.9. The number of aryl methyl sites for hydroxylation is 2. The Balaban J connectivity index is 0.000000201. The number of aromatic nitrogens is 4. The zero-order valence-corrected chi connectivity index (χ0v) is 27.7. The van der Waals surface area contributed by atoms with E-state index in [4.69, 9.17) is 23.4 Å². The summed E-state index contributed by atoms with van der Waals surface area (Å²) in [5.41, 5.74) is 0.795. The standard InChI is InChI=1S/C17H30BN3O3.C13H23BN2O2/c1-14-13-22-10-9-20(14)7-6-8-21-12-15(11-19-21)18-23-16(2,3)17(4,5)24-18;1-6-7-8-16-10-11(9-15-16)14-17-12(2,3)13(4,5)18-14/h11-12,14H,6-10,13H2,1-5H3;9-10H,6-8H2,1-5H3. The Morgan fingerprint density at radius 2 is 1.19 bits per heavy atom. The Kier molecular flexibility index (Phi) is 10.4. The van der Waals surface area contributed by atoms with Crippen LogP contribution in [0.2, 0.25) is 0 Å². The van der Waals surface area contributed by atoms with Gasteiger partial charge in [-0.1, -0.05) is 13.3 Å². The number of ether oxygens (including phenoxy) is 1. The van der Waals surface area contributed by atoms with Gasteiger partial charge in [0, 0.05) is 67.9 Å². The summed E-state index contributed by atoms with van der Waals surface area (Å²) in [6, 6.07) is 0.511. The van der Waals surface area contributed by atoms with Crippen LogP contribution in [0, 0.1) is 0 Å². The van der Waals surface area contributed by atoms with Crippen molar-refractivity contribution >= 4 is 25.2 Å². The zero-order chi connectivity index (χ0) is 30.8. The molecule has 2 aromatic rings. The van der Waals surface area contributed by atoms with Crippen LogP contribution in [-0.2, 0) is 36.4 Å². The van der Waals surface area contributed by atoms with E-state index in [9.17, 15) is 0 Å².